The van der Waals surface area contributed by atoms with Crippen molar-refractivity contribution in [3.8, 4) is 5.75 Å². The summed E-state index contributed by atoms with van der Waals surface area (Å²) in [7, 11) is 0. The van der Waals surface area contributed by atoms with Crippen LogP contribution >= 0.6 is 0 Å². The number of anilines is 1. The van der Waals surface area contributed by atoms with Crippen LogP contribution in [-0.4, -0.2) is 23.3 Å². The van der Waals surface area contributed by atoms with E-state index in [1.165, 1.54) is 6.42 Å². The van der Waals surface area contributed by atoms with Crippen LogP contribution in [-0.2, 0) is 4.79 Å². The van der Waals surface area contributed by atoms with Crippen LogP contribution < -0.4 is 9.64 Å². The molecule has 26 heavy (non-hydrogen) atoms. The van der Waals surface area contributed by atoms with Gasteiger partial charge in [-0.3, -0.25) is 14.5 Å². The standard InChI is InChI=1S/C21H24N2O3/c24-18-9-6-14-10-15(7-8-16(14)18)23-12-26-19-11-17(22-21(19)23)20(25)13-4-2-1-3-5-13/h7-8,10-11,13-14,16,22H,1-6,9,12H2. The van der Waals surface area contributed by atoms with Crippen LogP contribution in [0.2, 0.25) is 0 Å². The van der Waals surface area contributed by atoms with Crippen molar-refractivity contribution in [1.29, 1.82) is 0 Å². The van der Waals surface area contributed by atoms with Crippen molar-refractivity contribution in [2.75, 3.05) is 11.6 Å². The second-order valence-electron chi connectivity index (χ2n) is 7.94. The number of Topliss-reactive ketones (excluding diaryl/α,β-unsaturated/α-hetero) is 2. The van der Waals surface area contributed by atoms with E-state index < -0.39 is 0 Å². The Morgan fingerprint density at radius 1 is 1.19 bits per heavy atom. The molecule has 5 rings (SSSR count). The molecule has 0 spiro atoms. The normalized spacial score (nSPS) is 27.9. The van der Waals surface area contributed by atoms with E-state index in [4.69, 9.17) is 4.74 Å². The molecule has 1 aromatic heterocycles. The van der Waals surface area contributed by atoms with Crippen LogP contribution in [0, 0.1) is 17.8 Å². The zero-order valence-electron chi connectivity index (χ0n) is 14.9. The van der Waals surface area contributed by atoms with Gasteiger partial charge >= 0.3 is 0 Å². The molecule has 0 aromatic carbocycles. The molecule has 2 fully saturated rings. The Morgan fingerprint density at radius 2 is 2.04 bits per heavy atom. The van der Waals surface area contributed by atoms with Gasteiger partial charge in [-0.05, 0) is 31.3 Å². The molecule has 3 aliphatic carbocycles. The van der Waals surface area contributed by atoms with Crippen LogP contribution in [0.15, 0.2) is 30.0 Å². The summed E-state index contributed by atoms with van der Waals surface area (Å²) in [6.07, 6.45) is 13.4. The molecule has 0 saturated heterocycles. The molecule has 5 heteroatoms. The highest BCUT2D eigenvalue weighted by Crippen LogP contribution is 2.41. The predicted molar refractivity (Wildman–Crippen MR) is 98.1 cm³/mol. The molecule has 2 heterocycles. The second kappa shape index (κ2) is 6.15. The third-order valence-corrected chi connectivity index (χ3v) is 6.35. The Kier molecular flexibility index (Phi) is 3.76. The maximum atomic E-state index is 12.8. The number of aromatic amines is 1. The number of rotatable bonds is 3. The van der Waals surface area contributed by atoms with Gasteiger partial charge in [-0.25, -0.2) is 0 Å². The molecule has 0 bridgehead atoms. The highest BCUT2D eigenvalue weighted by Gasteiger charge is 2.36. The fourth-order valence-corrected chi connectivity index (χ4v) is 4.84. The van der Waals surface area contributed by atoms with E-state index >= 15 is 0 Å². The lowest BCUT2D eigenvalue weighted by atomic mass is 9.85. The van der Waals surface area contributed by atoms with Crippen molar-refractivity contribution in [3.05, 3.63) is 35.7 Å². The molecule has 2 atom stereocenters. The third kappa shape index (κ3) is 2.52. The van der Waals surface area contributed by atoms with E-state index in [1.807, 2.05) is 18.2 Å². The maximum Gasteiger partial charge on any atom is 0.182 e. The SMILES string of the molecule is O=C(c1cc2c([nH]1)N(C1=CC3CCC(=O)C3C=C1)CO2)C1CCCCC1. The number of ketones is 2. The van der Waals surface area contributed by atoms with Crippen molar-refractivity contribution < 1.29 is 14.3 Å². The quantitative estimate of drug-likeness (QED) is 0.836. The first-order chi connectivity index (χ1) is 12.7. The van der Waals surface area contributed by atoms with Crippen molar-refractivity contribution in [1.82, 2.24) is 4.98 Å². The van der Waals surface area contributed by atoms with E-state index in [-0.39, 0.29) is 17.6 Å². The minimum absolute atomic E-state index is 0.0498. The van der Waals surface area contributed by atoms with Crippen LogP contribution in [0.25, 0.3) is 0 Å². The number of nitrogens with one attached hydrogen (secondary N) is 1. The van der Waals surface area contributed by atoms with Gasteiger partial charge in [-0.2, -0.15) is 0 Å². The first-order valence-corrected chi connectivity index (χ1v) is 9.81. The van der Waals surface area contributed by atoms with E-state index in [1.54, 1.807) is 0 Å². The number of fused-ring (bicyclic) bond motifs is 2. The highest BCUT2D eigenvalue weighted by molar-refractivity contribution is 5.98. The van der Waals surface area contributed by atoms with Crippen molar-refractivity contribution in [2.24, 2.45) is 17.8 Å². The van der Waals surface area contributed by atoms with Crippen molar-refractivity contribution in [2.45, 2.75) is 44.9 Å². The Balaban J connectivity index is 1.38. The zero-order valence-corrected chi connectivity index (χ0v) is 14.9. The third-order valence-electron chi connectivity index (χ3n) is 6.35. The number of allylic oxidation sites excluding steroid dienone is 3. The monoisotopic (exact) mass is 352 g/mol. The number of aromatic nitrogens is 1. The lowest BCUT2D eigenvalue weighted by Gasteiger charge is -2.24. The van der Waals surface area contributed by atoms with Crippen LogP contribution in [0.4, 0.5) is 5.82 Å². The minimum atomic E-state index is 0.0498. The summed E-state index contributed by atoms with van der Waals surface area (Å²) in [5, 5.41) is 0. The van der Waals surface area contributed by atoms with Gasteiger partial charge in [0, 0.05) is 30.0 Å². The Morgan fingerprint density at radius 3 is 2.88 bits per heavy atom. The topological polar surface area (TPSA) is 62.4 Å². The Labute approximate surface area is 153 Å². The number of carbonyl (C=O) groups is 2. The molecule has 1 aliphatic heterocycles. The first kappa shape index (κ1) is 15.9. The smallest absolute Gasteiger partial charge is 0.182 e. The molecule has 1 N–H and O–H groups in total. The van der Waals surface area contributed by atoms with Gasteiger partial charge in [0.2, 0.25) is 0 Å². The molecular weight excluding hydrogens is 328 g/mol. The molecule has 4 aliphatic rings. The summed E-state index contributed by atoms with van der Waals surface area (Å²) < 4.78 is 5.82. The Bertz CT molecular complexity index is 813. The summed E-state index contributed by atoms with van der Waals surface area (Å²) in [6, 6.07) is 1.86. The number of hydrogen-bond acceptors (Lipinski definition) is 4. The van der Waals surface area contributed by atoms with E-state index in [2.05, 4.69) is 16.0 Å². The van der Waals surface area contributed by atoms with Gasteiger partial charge in [-0.15, -0.1) is 0 Å². The lowest BCUT2D eigenvalue weighted by molar-refractivity contribution is -0.119. The summed E-state index contributed by atoms with van der Waals surface area (Å²) in [5.74, 6) is 2.68. The molecule has 2 saturated carbocycles. The van der Waals surface area contributed by atoms with Crippen LogP contribution in [0.5, 0.6) is 5.75 Å². The zero-order chi connectivity index (χ0) is 17.7. The number of carbonyl (C=O) groups excluding carboxylic acids is 2. The van der Waals surface area contributed by atoms with Gasteiger partial charge in [0.15, 0.2) is 24.1 Å². The van der Waals surface area contributed by atoms with E-state index in [0.717, 1.165) is 49.4 Å². The minimum Gasteiger partial charge on any atom is -0.469 e. The first-order valence-electron chi connectivity index (χ1n) is 9.81. The van der Waals surface area contributed by atoms with Gasteiger partial charge in [0.05, 0.1) is 5.69 Å². The summed E-state index contributed by atoms with van der Waals surface area (Å²) in [6.45, 7) is 0.445. The largest absolute Gasteiger partial charge is 0.469 e. The number of nitrogens with zero attached hydrogens (tertiary/aromatic N) is 1. The molecule has 1 aromatic rings. The molecular formula is C21H24N2O3. The average molecular weight is 352 g/mol. The predicted octanol–water partition coefficient (Wildman–Crippen LogP) is 3.98. The molecule has 5 nitrogen and oxygen atoms in total. The van der Waals surface area contributed by atoms with E-state index in [0.29, 0.717) is 30.5 Å². The maximum absolute atomic E-state index is 12.8. The number of H-pyrrole nitrogens is 1. The number of hydrogen-bond donors (Lipinski definition) is 1. The lowest BCUT2D eigenvalue weighted by Crippen LogP contribution is -2.25. The fourth-order valence-electron chi connectivity index (χ4n) is 4.84. The fraction of sp³-hybridized carbons (Fsp3) is 0.524. The average Bonchev–Trinajstić information content (AvgIpc) is 3.36. The molecule has 2 unspecified atom stereocenters. The van der Waals surface area contributed by atoms with Crippen LogP contribution in [0.1, 0.15) is 55.4 Å². The number of ether oxygens (including phenoxy) is 1. The van der Waals surface area contributed by atoms with Crippen molar-refractivity contribution in [3.63, 3.8) is 0 Å². The molecule has 0 radical (unpaired) electrons. The second-order valence-corrected chi connectivity index (χ2v) is 7.94. The van der Waals surface area contributed by atoms with Gasteiger partial charge < -0.3 is 9.72 Å². The summed E-state index contributed by atoms with van der Waals surface area (Å²) in [5.41, 5.74) is 1.72. The van der Waals surface area contributed by atoms with Crippen LogP contribution in [0.3, 0.4) is 0 Å². The van der Waals surface area contributed by atoms with Gasteiger partial charge in [0.25, 0.3) is 0 Å². The van der Waals surface area contributed by atoms with Gasteiger partial charge in [-0.1, -0.05) is 31.4 Å². The molecule has 0 amide bonds. The Hall–Kier alpha value is -2.30. The molecule has 136 valence electrons. The summed E-state index contributed by atoms with van der Waals surface area (Å²) in [4.78, 5) is 30.1. The van der Waals surface area contributed by atoms with Gasteiger partial charge in [0.1, 0.15) is 5.78 Å². The van der Waals surface area contributed by atoms with Crippen molar-refractivity contribution >= 4 is 17.4 Å². The highest BCUT2D eigenvalue weighted by atomic mass is 16.5. The summed E-state index contributed by atoms with van der Waals surface area (Å²) >= 11 is 0. The van der Waals surface area contributed by atoms with E-state index in [9.17, 15) is 9.59 Å².